The van der Waals surface area contributed by atoms with E-state index in [-0.39, 0.29) is 28.9 Å². The first kappa shape index (κ1) is 29.9. The molecule has 1 aromatic carbocycles. The van der Waals surface area contributed by atoms with Crippen LogP contribution in [0, 0.1) is 19.3 Å². The summed E-state index contributed by atoms with van der Waals surface area (Å²) in [5.74, 6) is 0.0445. The van der Waals surface area contributed by atoms with Gasteiger partial charge in [-0.25, -0.2) is 22.9 Å². The van der Waals surface area contributed by atoms with Crippen LogP contribution in [0.3, 0.4) is 0 Å². The van der Waals surface area contributed by atoms with Crippen LogP contribution in [0.15, 0.2) is 35.4 Å². The van der Waals surface area contributed by atoms with Crippen LogP contribution in [0.2, 0.25) is 0 Å². The zero-order valence-electron chi connectivity index (χ0n) is 23.4. The number of benzene rings is 1. The molecule has 0 spiro atoms. The maximum atomic E-state index is 12.9. The Hall–Kier alpha value is -3.67. The highest BCUT2D eigenvalue weighted by molar-refractivity contribution is 7.97. The van der Waals surface area contributed by atoms with Gasteiger partial charge in [0.1, 0.15) is 16.6 Å². The number of hydrogen-bond acceptors (Lipinski definition) is 9. The molecule has 2 heterocycles. The summed E-state index contributed by atoms with van der Waals surface area (Å²) in [6, 6.07) is 7.55. The summed E-state index contributed by atoms with van der Waals surface area (Å²) >= 11 is 0. The van der Waals surface area contributed by atoms with Gasteiger partial charge in [-0.1, -0.05) is 18.2 Å². The molecule has 212 valence electrons. The van der Waals surface area contributed by atoms with Crippen LogP contribution < -0.4 is 14.8 Å². The predicted molar refractivity (Wildman–Crippen MR) is 151 cm³/mol. The molecule has 1 aromatic heterocycles. The molecule has 39 heavy (non-hydrogen) atoms. The number of hydrogen-bond donors (Lipinski definition) is 3. The smallest absolute Gasteiger partial charge is 0.410 e. The molecule has 3 N–H and O–H groups in total. The maximum Gasteiger partial charge on any atom is 0.410 e. The number of nitrogens with one attached hydrogen (secondary N) is 3. The van der Waals surface area contributed by atoms with Gasteiger partial charge in [-0.3, -0.25) is 0 Å². The number of nitrogens with zero attached hydrogens (tertiary/aromatic N) is 3. The summed E-state index contributed by atoms with van der Waals surface area (Å²) < 4.78 is 40.0. The number of allylic oxidation sites excluding steroid dienone is 1. The molecule has 0 bridgehead atoms. The molecule has 1 unspecified atom stereocenters. The lowest BCUT2D eigenvalue weighted by Crippen LogP contribution is -2.37. The molecule has 1 atom stereocenters. The molecule has 0 radical (unpaired) electrons. The third-order valence-corrected chi connectivity index (χ3v) is 7.33. The molecule has 12 heteroatoms. The van der Waals surface area contributed by atoms with Crippen molar-refractivity contribution >= 4 is 28.3 Å². The average Bonchev–Trinajstić information content (AvgIpc) is 3.06. The monoisotopic (exact) mass is 558 g/mol. The molecular formula is C27H38N6O5S. The molecule has 2 aromatic rings. The van der Waals surface area contributed by atoms with Gasteiger partial charge in [-0.05, 0) is 58.6 Å². The lowest BCUT2D eigenvalue weighted by Gasteiger charge is -2.26. The number of sulfonamides is 1. The first-order chi connectivity index (χ1) is 18.3. The van der Waals surface area contributed by atoms with Crippen LogP contribution in [-0.4, -0.2) is 67.4 Å². The van der Waals surface area contributed by atoms with E-state index < -0.39 is 15.6 Å². The van der Waals surface area contributed by atoms with Crippen LogP contribution in [0.5, 0.6) is 5.88 Å². The number of carbonyl (C=O) groups is 1. The van der Waals surface area contributed by atoms with E-state index in [2.05, 4.69) is 20.0 Å². The van der Waals surface area contributed by atoms with Crippen LogP contribution in [-0.2, 0) is 14.8 Å². The Bertz CT molecular complexity index is 1320. The fourth-order valence-electron chi connectivity index (χ4n) is 4.26. The number of anilines is 1. The van der Waals surface area contributed by atoms with E-state index in [4.69, 9.17) is 14.9 Å². The first-order valence-electron chi connectivity index (χ1n) is 12.8. The number of carbonyl (C=O) groups excluding carboxylic acids is 1. The molecule has 1 saturated heterocycles. The number of aromatic nitrogens is 2. The summed E-state index contributed by atoms with van der Waals surface area (Å²) in [5, 5.41) is 10.1. The minimum absolute atomic E-state index is 0.169. The molecule has 1 fully saturated rings. The fourth-order valence-corrected chi connectivity index (χ4v) is 5.14. The highest BCUT2D eigenvalue weighted by Crippen LogP contribution is 2.30. The SMILES string of the molecule is CN/C=C(\C=N)S(=O)(=O)Nc1nc(OC2CCCN(C(=O)OC(C)(C)C)CC2)cc(-c2c(C)cccc2C)n1. The van der Waals surface area contributed by atoms with Gasteiger partial charge in [0.2, 0.25) is 11.8 Å². The van der Waals surface area contributed by atoms with E-state index in [1.165, 1.54) is 6.20 Å². The second kappa shape index (κ2) is 12.5. The highest BCUT2D eigenvalue weighted by Gasteiger charge is 2.27. The first-order valence-corrected chi connectivity index (χ1v) is 14.3. The second-order valence-corrected chi connectivity index (χ2v) is 12.1. The lowest BCUT2D eigenvalue weighted by atomic mass is 10.00. The van der Waals surface area contributed by atoms with Gasteiger partial charge in [-0.2, -0.15) is 4.98 Å². The summed E-state index contributed by atoms with van der Waals surface area (Å²) in [6.07, 6.45) is 3.30. The van der Waals surface area contributed by atoms with E-state index in [0.29, 0.717) is 31.6 Å². The van der Waals surface area contributed by atoms with E-state index in [1.807, 2.05) is 52.8 Å². The molecule has 3 rings (SSSR count). The predicted octanol–water partition coefficient (Wildman–Crippen LogP) is 4.38. The second-order valence-electron chi connectivity index (χ2n) is 10.4. The van der Waals surface area contributed by atoms with E-state index >= 15 is 0 Å². The molecular weight excluding hydrogens is 520 g/mol. The normalized spacial score (nSPS) is 16.7. The van der Waals surface area contributed by atoms with Gasteiger partial charge in [0, 0.05) is 50.6 Å². The Labute approximate surface area is 230 Å². The third-order valence-electron chi connectivity index (χ3n) is 6.02. The van der Waals surface area contributed by atoms with Crippen molar-refractivity contribution in [2.24, 2.45) is 0 Å². The van der Waals surface area contributed by atoms with Crippen LogP contribution in [0.4, 0.5) is 10.7 Å². The van der Waals surface area contributed by atoms with Crippen molar-refractivity contribution in [3.63, 3.8) is 0 Å². The summed E-state index contributed by atoms with van der Waals surface area (Å²) in [7, 11) is -2.59. The van der Waals surface area contributed by atoms with Crippen molar-refractivity contribution in [1.29, 1.82) is 5.41 Å². The number of ether oxygens (including phenoxy) is 2. The molecule has 1 amide bonds. The summed E-state index contributed by atoms with van der Waals surface area (Å²) in [6.45, 7) is 10.4. The zero-order valence-corrected chi connectivity index (χ0v) is 24.2. The van der Waals surface area contributed by atoms with Gasteiger partial charge in [0.15, 0.2) is 0 Å². The number of likely N-dealkylation sites (tertiary alicyclic amines) is 1. The van der Waals surface area contributed by atoms with Crippen LogP contribution >= 0.6 is 0 Å². The van der Waals surface area contributed by atoms with E-state index in [9.17, 15) is 13.2 Å². The molecule has 0 aliphatic carbocycles. The number of aryl methyl sites for hydroxylation is 2. The van der Waals surface area contributed by atoms with Crippen molar-refractivity contribution in [3.8, 4) is 17.1 Å². The van der Waals surface area contributed by atoms with E-state index in [0.717, 1.165) is 29.3 Å². The van der Waals surface area contributed by atoms with Crippen molar-refractivity contribution in [1.82, 2.24) is 20.2 Å². The fraction of sp³-hybridized carbons (Fsp3) is 0.481. The quantitative estimate of drug-likeness (QED) is 0.405. The molecule has 0 saturated carbocycles. The summed E-state index contributed by atoms with van der Waals surface area (Å²) in [4.78, 5) is 22.8. The highest BCUT2D eigenvalue weighted by atomic mass is 32.2. The zero-order chi connectivity index (χ0) is 28.8. The standard InChI is InChI=1S/C27H38N6O5S/c1-18-9-7-10-19(2)24(18)22-15-23(31-25(30-22)32-39(35,36)21(16-28)17-29-6)37-20-11-8-13-33(14-12-20)26(34)38-27(3,4)5/h7,9-10,15-17,20,28-29H,8,11-14H2,1-6H3,(H,30,31,32)/b21-17+,28-16?. The largest absolute Gasteiger partial charge is 0.474 e. The lowest BCUT2D eigenvalue weighted by molar-refractivity contribution is 0.0252. The van der Waals surface area contributed by atoms with Gasteiger partial charge in [0.25, 0.3) is 10.0 Å². The Morgan fingerprint density at radius 3 is 2.46 bits per heavy atom. The minimum atomic E-state index is -4.13. The van der Waals surface area contributed by atoms with Gasteiger partial charge in [-0.15, -0.1) is 0 Å². The summed E-state index contributed by atoms with van der Waals surface area (Å²) in [5.41, 5.74) is 2.71. The van der Waals surface area contributed by atoms with Gasteiger partial charge in [0.05, 0.1) is 5.69 Å². The van der Waals surface area contributed by atoms with Gasteiger partial charge >= 0.3 is 6.09 Å². The Balaban J connectivity index is 1.92. The topological polar surface area (TPSA) is 147 Å². The maximum absolute atomic E-state index is 12.9. The molecule has 1 aliphatic rings. The third kappa shape index (κ3) is 8.16. The van der Waals surface area contributed by atoms with Crippen LogP contribution in [0.1, 0.15) is 51.2 Å². The van der Waals surface area contributed by atoms with Crippen LogP contribution in [0.25, 0.3) is 11.3 Å². The molecule has 1 aliphatic heterocycles. The number of amides is 1. The molecule has 11 nitrogen and oxygen atoms in total. The Kier molecular flexibility index (Phi) is 9.54. The van der Waals surface area contributed by atoms with Crippen molar-refractivity contribution in [2.75, 3.05) is 24.9 Å². The van der Waals surface area contributed by atoms with Gasteiger partial charge < -0.3 is 25.1 Å². The van der Waals surface area contributed by atoms with Crippen molar-refractivity contribution < 1.29 is 22.7 Å². The number of rotatable bonds is 8. The minimum Gasteiger partial charge on any atom is -0.474 e. The average molecular weight is 559 g/mol. The van der Waals surface area contributed by atoms with E-state index in [1.54, 1.807) is 18.0 Å². The Morgan fingerprint density at radius 2 is 1.85 bits per heavy atom. The van der Waals surface area contributed by atoms with Crippen molar-refractivity contribution in [3.05, 3.63) is 46.5 Å². The Morgan fingerprint density at radius 1 is 1.15 bits per heavy atom. The van der Waals surface area contributed by atoms with Crippen molar-refractivity contribution in [2.45, 2.75) is 65.6 Å².